The zero-order valence-electron chi connectivity index (χ0n) is 14.1. The Bertz CT molecular complexity index is 853. The van der Waals surface area contributed by atoms with E-state index in [1.165, 1.54) is 19.2 Å². The van der Waals surface area contributed by atoms with Gasteiger partial charge in [0.05, 0.1) is 0 Å². The largest absolute Gasteiger partial charge is 0.347 e. The SMILES string of the molecule is Cn1nc(C(=O)NCc2cccc(C(=O)N3CCCC3)c2)ccc1=O. The van der Waals surface area contributed by atoms with Crippen LogP contribution in [0.2, 0.25) is 0 Å². The highest BCUT2D eigenvalue weighted by molar-refractivity contribution is 5.94. The van der Waals surface area contributed by atoms with Gasteiger partial charge in [-0.2, -0.15) is 5.10 Å². The summed E-state index contributed by atoms with van der Waals surface area (Å²) in [6.07, 6.45) is 2.10. The summed E-state index contributed by atoms with van der Waals surface area (Å²) in [6.45, 7) is 1.89. The number of amides is 2. The fourth-order valence-corrected chi connectivity index (χ4v) is 2.81. The molecule has 2 heterocycles. The molecule has 0 radical (unpaired) electrons. The van der Waals surface area contributed by atoms with Crippen molar-refractivity contribution in [2.45, 2.75) is 19.4 Å². The molecule has 1 fully saturated rings. The molecule has 1 aliphatic heterocycles. The number of carbonyl (C=O) groups excluding carboxylic acids is 2. The number of hydrogen-bond donors (Lipinski definition) is 1. The van der Waals surface area contributed by atoms with Gasteiger partial charge in [-0.25, -0.2) is 4.68 Å². The number of nitrogens with zero attached hydrogens (tertiary/aromatic N) is 3. The molecular formula is C18H20N4O3. The predicted octanol–water partition coefficient (Wildman–Crippen LogP) is 0.946. The van der Waals surface area contributed by atoms with Crippen molar-refractivity contribution in [1.29, 1.82) is 0 Å². The number of nitrogens with one attached hydrogen (secondary N) is 1. The third-order valence-corrected chi connectivity index (χ3v) is 4.21. The van der Waals surface area contributed by atoms with Crippen LogP contribution in [0.15, 0.2) is 41.2 Å². The molecule has 1 N–H and O–H groups in total. The summed E-state index contributed by atoms with van der Waals surface area (Å²) in [7, 11) is 1.49. The van der Waals surface area contributed by atoms with E-state index in [0.29, 0.717) is 5.56 Å². The first-order valence-electron chi connectivity index (χ1n) is 8.25. The molecule has 1 aromatic carbocycles. The van der Waals surface area contributed by atoms with Crippen LogP contribution in [-0.2, 0) is 13.6 Å². The van der Waals surface area contributed by atoms with Crippen molar-refractivity contribution < 1.29 is 9.59 Å². The first kappa shape index (κ1) is 16.9. The minimum atomic E-state index is -0.369. The first-order valence-corrected chi connectivity index (χ1v) is 8.25. The second-order valence-corrected chi connectivity index (χ2v) is 6.06. The van der Waals surface area contributed by atoms with Gasteiger partial charge < -0.3 is 10.2 Å². The fraction of sp³-hybridized carbons (Fsp3) is 0.333. The molecule has 3 rings (SSSR count). The van der Waals surface area contributed by atoms with Crippen molar-refractivity contribution in [3.8, 4) is 0 Å². The summed E-state index contributed by atoms with van der Waals surface area (Å²) in [4.78, 5) is 37.7. The molecule has 25 heavy (non-hydrogen) atoms. The lowest BCUT2D eigenvalue weighted by Gasteiger charge is -2.15. The van der Waals surface area contributed by atoms with Crippen molar-refractivity contribution in [3.63, 3.8) is 0 Å². The molecule has 2 aromatic rings. The molecule has 2 amide bonds. The number of aryl methyl sites for hydroxylation is 1. The topological polar surface area (TPSA) is 84.3 Å². The van der Waals surface area contributed by atoms with Gasteiger partial charge in [0, 0.05) is 38.3 Å². The Labute approximate surface area is 145 Å². The van der Waals surface area contributed by atoms with Gasteiger partial charge in [0.1, 0.15) is 5.69 Å². The maximum Gasteiger partial charge on any atom is 0.271 e. The molecular weight excluding hydrogens is 320 g/mol. The van der Waals surface area contributed by atoms with Crippen LogP contribution in [0, 0.1) is 0 Å². The van der Waals surface area contributed by atoms with Gasteiger partial charge in [-0.3, -0.25) is 14.4 Å². The van der Waals surface area contributed by atoms with Crippen LogP contribution >= 0.6 is 0 Å². The summed E-state index contributed by atoms with van der Waals surface area (Å²) >= 11 is 0. The van der Waals surface area contributed by atoms with E-state index >= 15 is 0 Å². The quantitative estimate of drug-likeness (QED) is 0.898. The molecule has 0 bridgehead atoms. The van der Waals surface area contributed by atoms with E-state index in [-0.39, 0.29) is 29.6 Å². The summed E-state index contributed by atoms with van der Waals surface area (Å²) in [5.41, 5.74) is 1.37. The van der Waals surface area contributed by atoms with Gasteiger partial charge in [0.15, 0.2) is 0 Å². The highest BCUT2D eigenvalue weighted by atomic mass is 16.2. The average molecular weight is 340 g/mol. The second kappa shape index (κ2) is 7.29. The molecule has 7 nitrogen and oxygen atoms in total. The number of aromatic nitrogens is 2. The molecule has 7 heteroatoms. The smallest absolute Gasteiger partial charge is 0.271 e. The van der Waals surface area contributed by atoms with Crippen molar-refractivity contribution in [2.24, 2.45) is 7.05 Å². The second-order valence-electron chi connectivity index (χ2n) is 6.06. The number of likely N-dealkylation sites (tertiary alicyclic amines) is 1. The van der Waals surface area contributed by atoms with Crippen molar-refractivity contribution in [2.75, 3.05) is 13.1 Å². The van der Waals surface area contributed by atoms with Gasteiger partial charge in [0.25, 0.3) is 17.4 Å². The van der Waals surface area contributed by atoms with Crippen LogP contribution in [-0.4, -0.2) is 39.6 Å². The maximum atomic E-state index is 12.4. The molecule has 0 saturated carbocycles. The lowest BCUT2D eigenvalue weighted by Crippen LogP contribution is -2.29. The lowest BCUT2D eigenvalue weighted by molar-refractivity contribution is 0.0792. The van der Waals surface area contributed by atoms with Gasteiger partial charge >= 0.3 is 0 Å². The fourth-order valence-electron chi connectivity index (χ4n) is 2.81. The third-order valence-electron chi connectivity index (χ3n) is 4.21. The lowest BCUT2D eigenvalue weighted by atomic mass is 10.1. The Morgan fingerprint density at radius 2 is 1.92 bits per heavy atom. The van der Waals surface area contributed by atoms with Crippen LogP contribution in [0.3, 0.4) is 0 Å². The van der Waals surface area contributed by atoms with E-state index in [1.54, 1.807) is 12.1 Å². The zero-order chi connectivity index (χ0) is 17.8. The molecule has 0 unspecified atom stereocenters. The highest BCUT2D eigenvalue weighted by Crippen LogP contribution is 2.14. The average Bonchev–Trinajstić information content (AvgIpc) is 3.16. The minimum Gasteiger partial charge on any atom is -0.347 e. The molecule has 0 atom stereocenters. The van der Waals surface area contributed by atoms with Crippen LogP contribution in [0.4, 0.5) is 0 Å². The molecule has 130 valence electrons. The van der Waals surface area contributed by atoms with Crippen molar-refractivity contribution in [3.05, 3.63) is 63.6 Å². The Kier molecular flexibility index (Phi) is 4.92. The Balaban J connectivity index is 1.65. The van der Waals surface area contributed by atoms with Gasteiger partial charge in [0.2, 0.25) is 0 Å². The van der Waals surface area contributed by atoms with Gasteiger partial charge in [-0.1, -0.05) is 12.1 Å². The maximum absolute atomic E-state index is 12.4. The van der Waals surface area contributed by atoms with E-state index in [4.69, 9.17) is 0 Å². The molecule has 0 aliphatic carbocycles. The minimum absolute atomic E-state index is 0.0328. The van der Waals surface area contributed by atoms with Crippen LogP contribution in [0.5, 0.6) is 0 Å². The van der Waals surface area contributed by atoms with Crippen molar-refractivity contribution >= 4 is 11.8 Å². The summed E-state index contributed by atoms with van der Waals surface area (Å²) in [5.74, 6) is -0.336. The van der Waals surface area contributed by atoms with E-state index in [0.717, 1.165) is 36.2 Å². The summed E-state index contributed by atoms with van der Waals surface area (Å²) in [5, 5.41) is 6.67. The number of hydrogen-bond acceptors (Lipinski definition) is 4. The molecule has 0 spiro atoms. The molecule has 1 saturated heterocycles. The molecule has 1 aliphatic rings. The van der Waals surface area contributed by atoms with Gasteiger partial charge in [-0.15, -0.1) is 0 Å². The first-order chi connectivity index (χ1) is 12.0. The standard InChI is InChI=1S/C18H20N4O3/c1-21-16(23)8-7-15(20-21)17(24)19-12-13-5-4-6-14(11-13)18(25)22-9-2-3-10-22/h4-8,11H,2-3,9-10,12H2,1H3,(H,19,24). The van der Waals surface area contributed by atoms with Gasteiger partial charge in [-0.05, 0) is 36.6 Å². The molecule has 1 aromatic heterocycles. The van der Waals surface area contributed by atoms with Crippen LogP contribution in [0.25, 0.3) is 0 Å². The monoisotopic (exact) mass is 340 g/mol. The van der Waals surface area contributed by atoms with Crippen LogP contribution in [0.1, 0.15) is 39.3 Å². The highest BCUT2D eigenvalue weighted by Gasteiger charge is 2.19. The zero-order valence-corrected chi connectivity index (χ0v) is 14.1. The third kappa shape index (κ3) is 3.93. The van der Waals surface area contributed by atoms with E-state index in [2.05, 4.69) is 10.4 Å². The van der Waals surface area contributed by atoms with E-state index in [1.807, 2.05) is 17.0 Å². The summed E-state index contributed by atoms with van der Waals surface area (Å²) in [6, 6.07) is 9.96. The number of rotatable bonds is 4. The Morgan fingerprint density at radius 1 is 1.16 bits per heavy atom. The normalized spacial score (nSPS) is 13.7. The number of benzene rings is 1. The Morgan fingerprint density at radius 3 is 2.64 bits per heavy atom. The van der Waals surface area contributed by atoms with Crippen molar-refractivity contribution in [1.82, 2.24) is 20.0 Å². The van der Waals surface area contributed by atoms with E-state index in [9.17, 15) is 14.4 Å². The Hall–Kier alpha value is -2.96. The van der Waals surface area contributed by atoms with E-state index < -0.39 is 0 Å². The van der Waals surface area contributed by atoms with Crippen LogP contribution < -0.4 is 10.9 Å². The summed E-state index contributed by atoms with van der Waals surface area (Å²) < 4.78 is 1.12. The predicted molar refractivity (Wildman–Crippen MR) is 92.2 cm³/mol. The number of carbonyl (C=O) groups is 2.